The molecule has 3 rings (SSSR count). The van der Waals surface area contributed by atoms with Gasteiger partial charge in [0.1, 0.15) is 11.6 Å². The zero-order valence-corrected chi connectivity index (χ0v) is 11.5. The molecule has 0 spiro atoms. The molecule has 19 heavy (non-hydrogen) atoms. The van der Waals surface area contributed by atoms with Crippen molar-refractivity contribution in [3.05, 3.63) is 35.5 Å². The fraction of sp³-hybridized carbons (Fsp3) is 0.231. The Hall–Kier alpha value is -1.95. The largest absolute Gasteiger partial charge is 0.437 e. The van der Waals surface area contributed by atoms with E-state index in [2.05, 4.69) is 15.0 Å². The van der Waals surface area contributed by atoms with Crippen LogP contribution in [0.5, 0.6) is 0 Å². The first-order valence-electron chi connectivity index (χ1n) is 5.93. The molecule has 0 radical (unpaired) electrons. The number of aromatic nitrogens is 3. The van der Waals surface area contributed by atoms with Gasteiger partial charge in [-0.1, -0.05) is 11.8 Å². The second kappa shape index (κ2) is 4.62. The molecule has 1 aromatic carbocycles. The summed E-state index contributed by atoms with van der Waals surface area (Å²) < 4.78 is 5.52. The molecule has 2 aromatic heterocycles. The molecule has 0 aliphatic carbocycles. The highest BCUT2D eigenvalue weighted by molar-refractivity contribution is 7.98. The number of nitrogen functional groups attached to an aromatic ring is 1. The van der Waals surface area contributed by atoms with E-state index in [1.807, 2.05) is 32.0 Å². The number of benzene rings is 1. The van der Waals surface area contributed by atoms with E-state index in [0.717, 1.165) is 34.0 Å². The highest BCUT2D eigenvalue weighted by Gasteiger charge is 2.08. The molecular formula is C13H14N4OS. The van der Waals surface area contributed by atoms with Crippen molar-refractivity contribution < 1.29 is 4.42 Å². The van der Waals surface area contributed by atoms with E-state index < -0.39 is 0 Å². The number of hydrogen-bond acceptors (Lipinski definition) is 5. The van der Waals surface area contributed by atoms with Crippen molar-refractivity contribution >= 4 is 28.5 Å². The molecule has 0 saturated carbocycles. The number of thioether (sulfide) groups is 1. The van der Waals surface area contributed by atoms with Crippen LogP contribution in [-0.2, 0) is 5.75 Å². The number of nitrogens with zero attached hydrogens (tertiary/aromatic N) is 2. The molecule has 0 atom stereocenters. The van der Waals surface area contributed by atoms with E-state index in [9.17, 15) is 0 Å². The van der Waals surface area contributed by atoms with Crippen LogP contribution in [0.25, 0.3) is 11.0 Å². The van der Waals surface area contributed by atoms with E-state index in [1.165, 1.54) is 11.8 Å². The number of anilines is 1. The third kappa shape index (κ3) is 2.44. The average molecular weight is 274 g/mol. The van der Waals surface area contributed by atoms with Gasteiger partial charge in [0, 0.05) is 5.69 Å². The van der Waals surface area contributed by atoms with Gasteiger partial charge in [-0.15, -0.1) is 0 Å². The van der Waals surface area contributed by atoms with Gasteiger partial charge in [-0.3, -0.25) is 0 Å². The number of oxazole rings is 1. The maximum absolute atomic E-state index is 5.74. The second-order valence-corrected chi connectivity index (χ2v) is 5.30. The molecule has 98 valence electrons. The van der Waals surface area contributed by atoms with Gasteiger partial charge in [-0.05, 0) is 32.0 Å². The van der Waals surface area contributed by atoms with Gasteiger partial charge in [-0.2, -0.15) is 0 Å². The summed E-state index contributed by atoms with van der Waals surface area (Å²) in [6, 6.07) is 5.64. The molecule has 0 amide bonds. The summed E-state index contributed by atoms with van der Waals surface area (Å²) in [7, 11) is 0. The predicted molar refractivity (Wildman–Crippen MR) is 76.0 cm³/mol. The minimum atomic E-state index is 0.676. The predicted octanol–water partition coefficient (Wildman–Crippen LogP) is 3.04. The Balaban J connectivity index is 1.78. The number of nitrogens with two attached hydrogens (primary N) is 1. The van der Waals surface area contributed by atoms with Gasteiger partial charge in [0.2, 0.25) is 0 Å². The normalized spacial score (nSPS) is 11.3. The average Bonchev–Trinajstić information content (AvgIpc) is 2.90. The Bertz CT molecular complexity index is 712. The maximum atomic E-state index is 5.74. The van der Waals surface area contributed by atoms with E-state index in [-0.39, 0.29) is 0 Å². The molecule has 3 N–H and O–H groups in total. The van der Waals surface area contributed by atoms with Crippen molar-refractivity contribution in [3.63, 3.8) is 0 Å². The zero-order valence-electron chi connectivity index (χ0n) is 10.7. The van der Waals surface area contributed by atoms with Crippen LogP contribution in [0.4, 0.5) is 5.69 Å². The van der Waals surface area contributed by atoms with Crippen molar-refractivity contribution in [1.82, 2.24) is 15.0 Å². The Morgan fingerprint density at radius 1 is 1.32 bits per heavy atom. The monoisotopic (exact) mass is 274 g/mol. The van der Waals surface area contributed by atoms with Crippen molar-refractivity contribution in [3.8, 4) is 0 Å². The van der Waals surface area contributed by atoms with Crippen LogP contribution in [0.1, 0.15) is 17.3 Å². The van der Waals surface area contributed by atoms with Crippen molar-refractivity contribution in [2.45, 2.75) is 24.8 Å². The van der Waals surface area contributed by atoms with Crippen molar-refractivity contribution in [2.24, 2.45) is 0 Å². The van der Waals surface area contributed by atoms with Crippen LogP contribution in [0, 0.1) is 13.8 Å². The lowest BCUT2D eigenvalue weighted by Gasteiger charge is -1.92. The summed E-state index contributed by atoms with van der Waals surface area (Å²) in [5.74, 6) is 2.44. The topological polar surface area (TPSA) is 80.7 Å². The Morgan fingerprint density at radius 3 is 2.89 bits per heavy atom. The molecule has 0 aliphatic rings. The quantitative estimate of drug-likeness (QED) is 0.566. The lowest BCUT2D eigenvalue weighted by molar-refractivity contribution is 0.431. The number of nitrogens with one attached hydrogen (secondary N) is 1. The van der Waals surface area contributed by atoms with Gasteiger partial charge in [0.25, 0.3) is 5.22 Å². The van der Waals surface area contributed by atoms with Gasteiger partial charge < -0.3 is 15.1 Å². The Labute approximate surface area is 114 Å². The third-order valence-corrected chi connectivity index (χ3v) is 3.74. The number of aryl methyl sites for hydroxylation is 2. The number of aromatic amines is 1. The highest BCUT2D eigenvalue weighted by Crippen LogP contribution is 2.24. The fourth-order valence-electron chi connectivity index (χ4n) is 1.78. The molecule has 0 aliphatic heterocycles. The molecule has 0 bridgehead atoms. The lowest BCUT2D eigenvalue weighted by Crippen LogP contribution is -1.83. The lowest BCUT2D eigenvalue weighted by atomic mass is 10.3. The number of H-pyrrole nitrogens is 1. The fourth-order valence-corrected chi connectivity index (χ4v) is 2.57. The minimum absolute atomic E-state index is 0.676. The molecule has 6 heteroatoms. The highest BCUT2D eigenvalue weighted by atomic mass is 32.2. The number of hydrogen-bond donors (Lipinski definition) is 2. The van der Waals surface area contributed by atoms with E-state index in [1.54, 1.807) is 0 Å². The summed E-state index contributed by atoms with van der Waals surface area (Å²) >= 11 is 1.53. The maximum Gasteiger partial charge on any atom is 0.256 e. The van der Waals surface area contributed by atoms with E-state index >= 15 is 0 Å². The van der Waals surface area contributed by atoms with Crippen LogP contribution in [0.3, 0.4) is 0 Å². The number of fused-ring (bicyclic) bond motifs is 1. The van der Waals surface area contributed by atoms with Crippen LogP contribution in [0.2, 0.25) is 0 Å². The molecule has 2 heterocycles. The first-order chi connectivity index (χ1) is 9.11. The van der Waals surface area contributed by atoms with Gasteiger partial charge >= 0.3 is 0 Å². The Kier molecular flexibility index (Phi) is 2.94. The summed E-state index contributed by atoms with van der Waals surface area (Å²) in [6.07, 6.45) is 0. The van der Waals surface area contributed by atoms with Crippen LogP contribution in [-0.4, -0.2) is 15.0 Å². The third-order valence-electron chi connectivity index (χ3n) is 2.90. The smallest absolute Gasteiger partial charge is 0.256 e. The van der Waals surface area contributed by atoms with Crippen LogP contribution < -0.4 is 5.73 Å². The first-order valence-corrected chi connectivity index (χ1v) is 6.91. The Morgan fingerprint density at radius 2 is 2.16 bits per heavy atom. The number of imidazole rings is 1. The summed E-state index contributed by atoms with van der Waals surface area (Å²) in [4.78, 5) is 12.1. The molecular weight excluding hydrogens is 260 g/mol. The van der Waals surface area contributed by atoms with Crippen molar-refractivity contribution in [2.75, 3.05) is 5.73 Å². The molecule has 3 aromatic rings. The van der Waals surface area contributed by atoms with Gasteiger partial charge in [-0.25, -0.2) is 9.97 Å². The molecule has 0 saturated heterocycles. The summed E-state index contributed by atoms with van der Waals surface area (Å²) in [6.45, 7) is 3.85. The number of rotatable bonds is 3. The minimum Gasteiger partial charge on any atom is -0.437 e. The summed E-state index contributed by atoms with van der Waals surface area (Å²) in [5, 5.41) is 0.676. The van der Waals surface area contributed by atoms with Gasteiger partial charge in [0.15, 0.2) is 0 Å². The van der Waals surface area contributed by atoms with Crippen LogP contribution >= 0.6 is 11.8 Å². The van der Waals surface area contributed by atoms with Gasteiger partial charge in [0.05, 0.1) is 22.5 Å². The summed E-state index contributed by atoms with van der Waals surface area (Å²) in [5.41, 5.74) is 9.28. The molecule has 0 unspecified atom stereocenters. The van der Waals surface area contributed by atoms with E-state index in [0.29, 0.717) is 11.0 Å². The zero-order chi connectivity index (χ0) is 13.4. The van der Waals surface area contributed by atoms with Crippen molar-refractivity contribution in [1.29, 1.82) is 0 Å². The molecule has 0 fully saturated rings. The van der Waals surface area contributed by atoms with E-state index in [4.69, 9.17) is 10.2 Å². The van der Waals surface area contributed by atoms with Crippen LogP contribution in [0.15, 0.2) is 27.8 Å². The second-order valence-electron chi connectivity index (χ2n) is 4.37. The SMILES string of the molecule is Cc1nc(SCc2nc3ccc(N)cc3[nH]2)oc1C. The first kappa shape index (κ1) is 12.1. The standard InChI is InChI=1S/C13H14N4OS/c1-7-8(2)18-13(15-7)19-6-12-16-10-4-3-9(14)5-11(10)17-12/h3-5H,6,14H2,1-2H3,(H,16,17). The molecule has 5 nitrogen and oxygen atoms in total.